The highest BCUT2D eigenvalue weighted by Crippen LogP contribution is 2.30. The summed E-state index contributed by atoms with van der Waals surface area (Å²) in [5, 5.41) is 11.2. The molecule has 0 amide bonds. The number of nitrogens with zero attached hydrogens (tertiary/aromatic N) is 1. The van der Waals surface area contributed by atoms with E-state index < -0.39 is 18.2 Å². The fourth-order valence-corrected chi connectivity index (χ4v) is 2.12. The highest BCUT2D eigenvalue weighted by Gasteiger charge is 2.14. The van der Waals surface area contributed by atoms with Gasteiger partial charge in [-0.05, 0) is 36.8 Å². The zero-order valence-corrected chi connectivity index (χ0v) is 13.2. The van der Waals surface area contributed by atoms with E-state index in [4.69, 9.17) is 10.00 Å². The van der Waals surface area contributed by atoms with E-state index >= 15 is 0 Å². The van der Waals surface area contributed by atoms with Crippen LogP contribution in [-0.2, 0) is 6.54 Å². The van der Waals surface area contributed by atoms with Crippen LogP contribution in [0.3, 0.4) is 0 Å². The molecule has 0 saturated carbocycles. The van der Waals surface area contributed by atoms with E-state index in [1.54, 1.807) is 13.0 Å². The van der Waals surface area contributed by atoms with Gasteiger partial charge in [-0.3, -0.25) is 0 Å². The normalized spacial score (nSPS) is 10.4. The number of nitriles is 1. The maximum absolute atomic E-state index is 13.8. The molecule has 1 N–H and O–H groups in total. The first-order valence-corrected chi connectivity index (χ1v) is 7.28. The van der Waals surface area contributed by atoms with Gasteiger partial charge in [0.05, 0.1) is 18.2 Å². The van der Waals surface area contributed by atoms with Gasteiger partial charge in [-0.1, -0.05) is 6.07 Å². The Labute approximate surface area is 141 Å². The van der Waals surface area contributed by atoms with E-state index in [1.807, 2.05) is 0 Å². The van der Waals surface area contributed by atoms with Crippen LogP contribution in [0.1, 0.15) is 18.1 Å². The van der Waals surface area contributed by atoms with E-state index in [9.17, 15) is 17.6 Å². The van der Waals surface area contributed by atoms with Crippen LogP contribution in [-0.4, -0.2) is 13.2 Å². The van der Waals surface area contributed by atoms with Crippen LogP contribution < -0.4 is 14.8 Å². The molecule has 0 aliphatic carbocycles. The lowest BCUT2D eigenvalue weighted by Gasteiger charge is -2.14. The van der Waals surface area contributed by atoms with Gasteiger partial charge in [-0.25, -0.2) is 8.78 Å². The average molecular weight is 354 g/mol. The lowest BCUT2D eigenvalue weighted by Crippen LogP contribution is -2.07. The van der Waals surface area contributed by atoms with Gasteiger partial charge < -0.3 is 14.8 Å². The number of hydrogen-bond donors (Lipinski definition) is 1. The van der Waals surface area contributed by atoms with Crippen molar-refractivity contribution < 1.29 is 27.0 Å². The molecule has 8 heteroatoms. The Morgan fingerprint density at radius 3 is 2.36 bits per heavy atom. The summed E-state index contributed by atoms with van der Waals surface area (Å²) in [5.41, 5.74) is 0.0192. The lowest BCUT2D eigenvalue weighted by atomic mass is 10.1. The van der Waals surface area contributed by atoms with Crippen molar-refractivity contribution in [2.75, 3.05) is 11.9 Å². The summed E-state index contributed by atoms with van der Waals surface area (Å²) in [6.45, 7) is -1.08. The number of rotatable bonds is 7. The van der Waals surface area contributed by atoms with Crippen molar-refractivity contribution in [3.63, 3.8) is 0 Å². The number of benzene rings is 2. The molecule has 0 spiro atoms. The standard InChI is InChI=1S/C17H14F4N2O2/c1-2-24-15-7-10(3-4-14(15)25-17(20)21)9-23-16-12(18)5-11(8-22)6-13(16)19/h3-7,17,23H,2,9H2,1H3. The zero-order valence-electron chi connectivity index (χ0n) is 13.2. The first kappa shape index (κ1) is 18.4. The molecule has 0 fully saturated rings. The molecule has 0 unspecified atom stereocenters. The molecule has 0 aliphatic heterocycles. The Bertz CT molecular complexity index is 768. The Balaban J connectivity index is 2.18. The minimum Gasteiger partial charge on any atom is -0.490 e. The van der Waals surface area contributed by atoms with Crippen molar-refractivity contribution in [3.05, 3.63) is 53.1 Å². The van der Waals surface area contributed by atoms with Gasteiger partial charge in [0.15, 0.2) is 23.1 Å². The monoisotopic (exact) mass is 354 g/mol. The molecular formula is C17H14F4N2O2. The SMILES string of the molecule is CCOc1cc(CNc2c(F)cc(C#N)cc2F)ccc1OC(F)F. The maximum Gasteiger partial charge on any atom is 0.387 e. The molecule has 2 aromatic rings. The molecule has 4 nitrogen and oxygen atoms in total. The molecule has 25 heavy (non-hydrogen) atoms. The highest BCUT2D eigenvalue weighted by atomic mass is 19.3. The third kappa shape index (κ3) is 4.76. The van der Waals surface area contributed by atoms with Crippen LogP contribution in [0.15, 0.2) is 30.3 Å². The van der Waals surface area contributed by atoms with Crippen molar-refractivity contribution in [3.8, 4) is 17.6 Å². The molecule has 0 aromatic heterocycles. The van der Waals surface area contributed by atoms with Crippen LogP contribution in [0.2, 0.25) is 0 Å². The molecule has 0 heterocycles. The average Bonchev–Trinajstić information content (AvgIpc) is 2.55. The van der Waals surface area contributed by atoms with Gasteiger partial charge in [-0.15, -0.1) is 0 Å². The fourth-order valence-electron chi connectivity index (χ4n) is 2.12. The van der Waals surface area contributed by atoms with Crippen LogP contribution in [0.25, 0.3) is 0 Å². The van der Waals surface area contributed by atoms with Crippen molar-refractivity contribution in [1.82, 2.24) is 0 Å². The van der Waals surface area contributed by atoms with Crippen LogP contribution >= 0.6 is 0 Å². The predicted octanol–water partition coefficient (Wildman–Crippen LogP) is 4.45. The molecule has 0 bridgehead atoms. The molecule has 132 valence electrons. The Morgan fingerprint density at radius 2 is 1.80 bits per heavy atom. The van der Waals surface area contributed by atoms with Crippen LogP contribution in [0, 0.1) is 23.0 Å². The first-order chi connectivity index (χ1) is 11.9. The second-order valence-electron chi connectivity index (χ2n) is 4.87. The molecule has 0 atom stereocenters. The molecule has 2 rings (SSSR count). The summed E-state index contributed by atoms with van der Waals surface area (Å²) in [6, 6.07) is 7.67. The Kier molecular flexibility index (Phi) is 6.06. The van der Waals surface area contributed by atoms with Crippen molar-refractivity contribution in [2.45, 2.75) is 20.1 Å². The number of alkyl halides is 2. The van der Waals surface area contributed by atoms with Crippen molar-refractivity contribution in [1.29, 1.82) is 5.26 Å². The van der Waals surface area contributed by atoms with Crippen LogP contribution in [0.4, 0.5) is 23.2 Å². The molecule has 0 aliphatic rings. The minimum atomic E-state index is -3.00. The third-order valence-electron chi connectivity index (χ3n) is 3.16. The molecule has 0 saturated heterocycles. The quantitative estimate of drug-likeness (QED) is 0.747. The van der Waals surface area contributed by atoms with E-state index in [-0.39, 0.29) is 35.9 Å². The molecule has 0 radical (unpaired) electrons. The van der Waals surface area contributed by atoms with Gasteiger partial charge in [0.1, 0.15) is 5.69 Å². The highest BCUT2D eigenvalue weighted by molar-refractivity contribution is 5.51. The second-order valence-corrected chi connectivity index (χ2v) is 4.87. The van der Waals surface area contributed by atoms with E-state index in [1.165, 1.54) is 18.2 Å². The van der Waals surface area contributed by atoms with Gasteiger partial charge in [-0.2, -0.15) is 14.0 Å². The van der Waals surface area contributed by atoms with E-state index in [0.29, 0.717) is 5.56 Å². The van der Waals surface area contributed by atoms with Gasteiger partial charge in [0.2, 0.25) is 0 Å². The third-order valence-corrected chi connectivity index (χ3v) is 3.16. The number of ether oxygens (including phenoxy) is 2. The maximum atomic E-state index is 13.8. The van der Waals surface area contributed by atoms with Crippen LogP contribution in [0.5, 0.6) is 11.5 Å². The largest absolute Gasteiger partial charge is 0.490 e. The predicted molar refractivity (Wildman–Crippen MR) is 82.6 cm³/mol. The van der Waals surface area contributed by atoms with Gasteiger partial charge >= 0.3 is 6.61 Å². The summed E-state index contributed by atoms with van der Waals surface area (Å²) in [5.74, 6) is -1.84. The summed E-state index contributed by atoms with van der Waals surface area (Å²) in [4.78, 5) is 0. The molecule has 2 aromatic carbocycles. The summed E-state index contributed by atoms with van der Waals surface area (Å²) in [6.07, 6.45) is 0. The summed E-state index contributed by atoms with van der Waals surface area (Å²) >= 11 is 0. The minimum absolute atomic E-state index is 0.00870. The topological polar surface area (TPSA) is 54.3 Å². The summed E-state index contributed by atoms with van der Waals surface area (Å²) in [7, 11) is 0. The number of hydrogen-bond acceptors (Lipinski definition) is 4. The zero-order chi connectivity index (χ0) is 18.4. The number of nitrogens with one attached hydrogen (secondary N) is 1. The van der Waals surface area contributed by atoms with Gasteiger partial charge in [0.25, 0.3) is 0 Å². The smallest absolute Gasteiger partial charge is 0.387 e. The first-order valence-electron chi connectivity index (χ1n) is 7.28. The van der Waals surface area contributed by atoms with E-state index in [2.05, 4.69) is 10.1 Å². The second kappa shape index (κ2) is 8.24. The van der Waals surface area contributed by atoms with Crippen molar-refractivity contribution in [2.24, 2.45) is 0 Å². The lowest BCUT2D eigenvalue weighted by molar-refractivity contribution is -0.0514. The Hall–Kier alpha value is -2.95. The number of halogens is 4. The Morgan fingerprint density at radius 1 is 1.12 bits per heavy atom. The number of anilines is 1. The van der Waals surface area contributed by atoms with Crippen molar-refractivity contribution >= 4 is 5.69 Å². The van der Waals surface area contributed by atoms with Gasteiger partial charge in [0, 0.05) is 6.54 Å². The molecular weight excluding hydrogens is 340 g/mol. The fraction of sp³-hybridized carbons (Fsp3) is 0.235. The summed E-state index contributed by atoms with van der Waals surface area (Å²) < 4.78 is 62.0. The van der Waals surface area contributed by atoms with E-state index in [0.717, 1.165) is 12.1 Å².